The minimum Gasteiger partial charge on any atom is -0.377 e. The van der Waals surface area contributed by atoms with Crippen LogP contribution in [0.2, 0.25) is 0 Å². The van der Waals surface area contributed by atoms with Gasteiger partial charge in [-0.3, -0.25) is 0 Å². The van der Waals surface area contributed by atoms with Crippen molar-refractivity contribution in [2.24, 2.45) is 0 Å². The first-order valence-electron chi connectivity index (χ1n) is 5.51. The molecule has 90 valence electrons. The van der Waals surface area contributed by atoms with Gasteiger partial charge in [-0.15, -0.1) is 0 Å². The molecule has 6 heteroatoms. The molecule has 0 saturated carbocycles. The summed E-state index contributed by atoms with van der Waals surface area (Å²) >= 11 is 0. The van der Waals surface area contributed by atoms with Crippen molar-refractivity contribution in [3.63, 3.8) is 0 Å². The van der Waals surface area contributed by atoms with Crippen LogP contribution in [-0.2, 0) is 9.47 Å². The molecule has 2 rings (SSSR count). The molecule has 1 fully saturated rings. The molecule has 0 bridgehead atoms. The zero-order valence-corrected chi connectivity index (χ0v) is 9.60. The van der Waals surface area contributed by atoms with Gasteiger partial charge < -0.3 is 19.3 Å². The number of rotatable bonds is 3. The molecule has 1 aromatic rings. The molecule has 1 aliphatic heterocycles. The van der Waals surface area contributed by atoms with Gasteiger partial charge in [-0.1, -0.05) is 19.0 Å². The molecule has 0 aromatic carbocycles. The van der Waals surface area contributed by atoms with Crippen molar-refractivity contribution < 1.29 is 14.0 Å². The molecule has 0 spiro atoms. The second-order valence-corrected chi connectivity index (χ2v) is 4.10. The zero-order chi connectivity index (χ0) is 11.4. The van der Waals surface area contributed by atoms with Crippen LogP contribution in [-0.4, -0.2) is 42.6 Å². The second-order valence-electron chi connectivity index (χ2n) is 4.10. The number of hydrogen-bond acceptors (Lipinski definition) is 6. The van der Waals surface area contributed by atoms with E-state index < -0.39 is 0 Å². The summed E-state index contributed by atoms with van der Waals surface area (Å²) in [4.78, 5) is 4.23. The highest BCUT2D eigenvalue weighted by atomic mass is 16.5. The minimum absolute atomic E-state index is 0.0722. The summed E-state index contributed by atoms with van der Waals surface area (Å²) in [6.45, 7) is 6.51. The highest BCUT2D eigenvalue weighted by molar-refractivity contribution is 5.21. The maximum atomic E-state index is 5.36. The predicted molar refractivity (Wildman–Crippen MR) is 57.4 cm³/mol. The maximum absolute atomic E-state index is 5.36. The fourth-order valence-corrected chi connectivity index (χ4v) is 1.40. The van der Waals surface area contributed by atoms with E-state index in [1.807, 2.05) is 13.8 Å². The van der Waals surface area contributed by atoms with Gasteiger partial charge in [0, 0.05) is 5.92 Å². The van der Waals surface area contributed by atoms with Crippen molar-refractivity contribution in [3.05, 3.63) is 5.82 Å². The molecule has 1 N–H and O–H groups in total. The van der Waals surface area contributed by atoms with Crippen molar-refractivity contribution in [1.29, 1.82) is 0 Å². The quantitative estimate of drug-likeness (QED) is 0.831. The Morgan fingerprint density at radius 1 is 1.25 bits per heavy atom. The number of anilines is 1. The first-order valence-corrected chi connectivity index (χ1v) is 5.51. The molecular formula is C10H17N3O3. The van der Waals surface area contributed by atoms with Crippen LogP contribution in [0.3, 0.4) is 0 Å². The third-order valence-corrected chi connectivity index (χ3v) is 2.30. The lowest BCUT2D eigenvalue weighted by Gasteiger charge is -2.12. The van der Waals surface area contributed by atoms with Crippen LogP contribution in [0.25, 0.3) is 0 Å². The first kappa shape index (κ1) is 11.3. The van der Waals surface area contributed by atoms with Crippen LogP contribution in [0, 0.1) is 0 Å². The van der Waals surface area contributed by atoms with Crippen LogP contribution < -0.4 is 5.32 Å². The van der Waals surface area contributed by atoms with Gasteiger partial charge in [0.25, 0.3) is 0 Å². The molecule has 0 radical (unpaired) electrons. The number of aromatic nitrogens is 2. The number of hydrogen-bond donors (Lipinski definition) is 1. The third-order valence-electron chi connectivity index (χ3n) is 2.30. The Hall–Kier alpha value is -1.14. The predicted octanol–water partition coefficient (Wildman–Crippen LogP) is 1.02. The van der Waals surface area contributed by atoms with Gasteiger partial charge in [-0.2, -0.15) is 4.98 Å². The lowest BCUT2D eigenvalue weighted by Crippen LogP contribution is -2.28. The monoisotopic (exact) mass is 227 g/mol. The average molecular weight is 227 g/mol. The molecule has 6 nitrogen and oxygen atoms in total. The number of ether oxygens (including phenoxy) is 2. The minimum atomic E-state index is 0.0722. The van der Waals surface area contributed by atoms with Gasteiger partial charge in [0.15, 0.2) is 5.82 Å². The van der Waals surface area contributed by atoms with Gasteiger partial charge in [-0.25, -0.2) is 0 Å². The molecule has 1 aliphatic rings. The van der Waals surface area contributed by atoms with Gasteiger partial charge >= 0.3 is 6.01 Å². The molecule has 1 saturated heterocycles. The fraction of sp³-hybridized carbons (Fsp3) is 0.800. The van der Waals surface area contributed by atoms with Crippen LogP contribution >= 0.6 is 0 Å². The molecule has 2 heterocycles. The summed E-state index contributed by atoms with van der Waals surface area (Å²) in [5.41, 5.74) is 0. The Labute approximate surface area is 94.3 Å². The Kier molecular flexibility index (Phi) is 3.74. The highest BCUT2D eigenvalue weighted by Crippen LogP contribution is 2.13. The lowest BCUT2D eigenvalue weighted by atomic mass is 10.2. The summed E-state index contributed by atoms with van der Waals surface area (Å²) in [7, 11) is 0. The van der Waals surface area contributed by atoms with E-state index in [0.29, 0.717) is 38.3 Å². The standard InChI is InChI=1S/C10H17N3O3/c1-7(2)9-12-10(16-13-9)11-8-5-14-3-4-15-6-8/h7-8H,3-6H2,1-2H3,(H,11,12,13). The molecule has 0 atom stereocenters. The van der Waals surface area contributed by atoms with E-state index in [1.165, 1.54) is 0 Å². The van der Waals surface area contributed by atoms with Gasteiger partial charge in [0.1, 0.15) is 0 Å². The topological polar surface area (TPSA) is 69.4 Å². The van der Waals surface area contributed by atoms with E-state index >= 15 is 0 Å². The van der Waals surface area contributed by atoms with E-state index in [4.69, 9.17) is 14.0 Å². The second kappa shape index (κ2) is 5.27. The van der Waals surface area contributed by atoms with Crippen molar-refractivity contribution in [2.45, 2.75) is 25.8 Å². The van der Waals surface area contributed by atoms with Crippen molar-refractivity contribution >= 4 is 6.01 Å². The molecule has 1 aromatic heterocycles. The summed E-state index contributed by atoms with van der Waals surface area (Å²) in [5.74, 6) is 0.971. The van der Waals surface area contributed by atoms with E-state index in [1.54, 1.807) is 0 Å². The van der Waals surface area contributed by atoms with E-state index in [2.05, 4.69) is 15.5 Å². The van der Waals surface area contributed by atoms with Crippen LogP contribution in [0.4, 0.5) is 6.01 Å². The summed E-state index contributed by atoms with van der Waals surface area (Å²) in [6, 6.07) is 0.505. The van der Waals surface area contributed by atoms with Crippen LogP contribution in [0.1, 0.15) is 25.6 Å². The normalized spacial score (nSPS) is 18.7. The Morgan fingerprint density at radius 3 is 2.50 bits per heavy atom. The summed E-state index contributed by atoms with van der Waals surface area (Å²) < 4.78 is 15.8. The van der Waals surface area contributed by atoms with Crippen LogP contribution in [0.5, 0.6) is 0 Å². The molecular weight excluding hydrogens is 210 g/mol. The molecule has 0 unspecified atom stereocenters. The van der Waals surface area contributed by atoms with Gasteiger partial charge in [-0.05, 0) is 0 Å². The third kappa shape index (κ3) is 2.93. The Morgan fingerprint density at radius 2 is 1.94 bits per heavy atom. The van der Waals surface area contributed by atoms with E-state index in [-0.39, 0.29) is 12.0 Å². The van der Waals surface area contributed by atoms with E-state index in [9.17, 15) is 0 Å². The zero-order valence-electron chi connectivity index (χ0n) is 9.60. The van der Waals surface area contributed by atoms with Crippen molar-refractivity contribution in [3.8, 4) is 0 Å². The van der Waals surface area contributed by atoms with Gasteiger partial charge in [0.05, 0.1) is 32.5 Å². The Balaban J connectivity index is 1.91. The number of nitrogens with zero attached hydrogens (tertiary/aromatic N) is 2. The summed E-state index contributed by atoms with van der Waals surface area (Å²) in [6.07, 6.45) is 0. The van der Waals surface area contributed by atoms with Crippen molar-refractivity contribution in [2.75, 3.05) is 31.7 Å². The molecule has 0 amide bonds. The smallest absolute Gasteiger partial charge is 0.321 e. The SMILES string of the molecule is CC(C)c1noc(NC2COCCOC2)n1. The molecule has 16 heavy (non-hydrogen) atoms. The van der Waals surface area contributed by atoms with E-state index in [0.717, 1.165) is 0 Å². The summed E-state index contributed by atoms with van der Waals surface area (Å²) in [5, 5.41) is 6.98. The van der Waals surface area contributed by atoms with Crippen LogP contribution in [0.15, 0.2) is 4.52 Å². The Bertz CT molecular complexity index is 319. The average Bonchev–Trinajstić information content (AvgIpc) is 2.56. The number of nitrogens with one attached hydrogen (secondary N) is 1. The largest absolute Gasteiger partial charge is 0.377 e. The van der Waals surface area contributed by atoms with Gasteiger partial charge in [0.2, 0.25) is 0 Å². The van der Waals surface area contributed by atoms with Crippen molar-refractivity contribution in [1.82, 2.24) is 10.1 Å². The lowest BCUT2D eigenvalue weighted by molar-refractivity contribution is 0.103. The molecule has 0 aliphatic carbocycles. The first-order chi connectivity index (χ1) is 7.75. The maximum Gasteiger partial charge on any atom is 0.321 e. The fourth-order valence-electron chi connectivity index (χ4n) is 1.40. The highest BCUT2D eigenvalue weighted by Gasteiger charge is 2.16.